The molecule has 0 saturated heterocycles. The summed E-state index contributed by atoms with van der Waals surface area (Å²) in [4.78, 5) is 12.0. The molecule has 1 amide bonds. The predicted octanol–water partition coefficient (Wildman–Crippen LogP) is 1.31. The first kappa shape index (κ1) is 10.6. The highest BCUT2D eigenvalue weighted by Gasteiger charge is 2.45. The Morgan fingerprint density at radius 2 is 2.12 bits per heavy atom. The van der Waals surface area contributed by atoms with Gasteiger partial charge in [0, 0.05) is 17.9 Å². The topological polar surface area (TPSA) is 49.3 Å². The quantitative estimate of drug-likeness (QED) is 0.755. The van der Waals surface area contributed by atoms with Gasteiger partial charge in [-0.2, -0.15) is 0 Å². The fourth-order valence-electron chi connectivity index (χ4n) is 3.54. The van der Waals surface area contributed by atoms with Crippen LogP contribution in [0.1, 0.15) is 38.5 Å². The smallest absolute Gasteiger partial charge is 0.223 e. The first-order valence-corrected chi connectivity index (χ1v) is 6.61. The van der Waals surface area contributed by atoms with Crippen LogP contribution in [0.4, 0.5) is 0 Å². The first-order chi connectivity index (χ1) is 7.72. The molecule has 3 rings (SSSR count). The van der Waals surface area contributed by atoms with Crippen LogP contribution in [0.3, 0.4) is 0 Å². The van der Waals surface area contributed by atoms with Gasteiger partial charge in [0.2, 0.25) is 5.91 Å². The van der Waals surface area contributed by atoms with Gasteiger partial charge in [0.15, 0.2) is 0 Å². The van der Waals surface area contributed by atoms with E-state index < -0.39 is 0 Å². The van der Waals surface area contributed by atoms with Crippen LogP contribution >= 0.6 is 0 Å². The number of fused-ring (bicyclic) bond motifs is 2. The maximum absolute atomic E-state index is 12.0. The third kappa shape index (κ3) is 1.75. The van der Waals surface area contributed by atoms with Gasteiger partial charge in [-0.05, 0) is 43.9 Å². The Bertz CT molecular complexity index is 298. The minimum atomic E-state index is 0.0489. The third-order valence-corrected chi connectivity index (χ3v) is 5.00. The molecule has 3 unspecified atom stereocenters. The summed E-state index contributed by atoms with van der Waals surface area (Å²) in [5.41, 5.74) is 0.0489. The molecule has 3 saturated carbocycles. The molecule has 3 heteroatoms. The number of hydrogen-bond donors (Lipinski definition) is 2. The molecular formula is C13H21NO2. The van der Waals surface area contributed by atoms with Gasteiger partial charge >= 0.3 is 0 Å². The normalized spacial score (nSPS) is 38.7. The van der Waals surface area contributed by atoms with Crippen LogP contribution in [0.2, 0.25) is 0 Å². The molecule has 3 fully saturated rings. The van der Waals surface area contributed by atoms with Crippen molar-refractivity contribution < 1.29 is 9.90 Å². The lowest BCUT2D eigenvalue weighted by atomic mass is 9.88. The molecule has 0 aromatic rings. The van der Waals surface area contributed by atoms with Crippen molar-refractivity contribution in [3.05, 3.63) is 0 Å². The van der Waals surface area contributed by atoms with E-state index in [0.29, 0.717) is 12.5 Å². The van der Waals surface area contributed by atoms with Crippen LogP contribution < -0.4 is 5.32 Å². The third-order valence-electron chi connectivity index (χ3n) is 5.00. The summed E-state index contributed by atoms with van der Waals surface area (Å²) in [6, 6.07) is 0. The molecule has 0 radical (unpaired) electrons. The molecule has 3 atom stereocenters. The Balaban J connectivity index is 1.50. The zero-order chi connectivity index (χ0) is 11.2. The second-order valence-corrected chi connectivity index (χ2v) is 6.16. The molecule has 2 N–H and O–H groups in total. The Morgan fingerprint density at radius 3 is 2.62 bits per heavy atom. The number of carbonyl (C=O) groups is 1. The summed E-state index contributed by atoms with van der Waals surface area (Å²) in [5.74, 6) is 2.03. The second kappa shape index (κ2) is 3.73. The summed E-state index contributed by atoms with van der Waals surface area (Å²) in [6.07, 6.45) is 7.13. The molecule has 16 heavy (non-hydrogen) atoms. The van der Waals surface area contributed by atoms with E-state index in [1.807, 2.05) is 0 Å². The number of aliphatic hydroxyl groups is 1. The van der Waals surface area contributed by atoms with Crippen molar-refractivity contribution in [3.63, 3.8) is 0 Å². The van der Waals surface area contributed by atoms with Crippen LogP contribution in [0, 0.1) is 23.2 Å². The van der Waals surface area contributed by atoms with Gasteiger partial charge in [-0.1, -0.05) is 6.42 Å². The summed E-state index contributed by atoms with van der Waals surface area (Å²) < 4.78 is 0. The molecule has 0 aliphatic heterocycles. The summed E-state index contributed by atoms with van der Waals surface area (Å²) in [6.45, 7) is 0.917. The summed E-state index contributed by atoms with van der Waals surface area (Å²) in [7, 11) is 0. The van der Waals surface area contributed by atoms with E-state index in [0.717, 1.165) is 25.2 Å². The number of hydrogen-bond acceptors (Lipinski definition) is 2. The molecule has 90 valence electrons. The Kier molecular flexibility index (Phi) is 2.46. The molecular weight excluding hydrogens is 202 g/mol. The van der Waals surface area contributed by atoms with Crippen molar-refractivity contribution in [2.45, 2.75) is 38.5 Å². The minimum Gasteiger partial charge on any atom is -0.396 e. The monoisotopic (exact) mass is 223 g/mol. The molecule has 0 heterocycles. The average Bonchev–Trinajstić information content (AvgIpc) is 2.78. The Morgan fingerprint density at radius 1 is 1.31 bits per heavy atom. The second-order valence-electron chi connectivity index (χ2n) is 6.16. The van der Waals surface area contributed by atoms with E-state index in [-0.39, 0.29) is 23.8 Å². The fourth-order valence-corrected chi connectivity index (χ4v) is 3.54. The zero-order valence-electron chi connectivity index (χ0n) is 9.74. The van der Waals surface area contributed by atoms with E-state index in [2.05, 4.69) is 5.32 Å². The first-order valence-electron chi connectivity index (χ1n) is 6.61. The van der Waals surface area contributed by atoms with Gasteiger partial charge in [-0.3, -0.25) is 4.79 Å². The van der Waals surface area contributed by atoms with Gasteiger partial charge in [0.1, 0.15) is 0 Å². The SMILES string of the molecule is O=C(NCC1(CO)CC1)C1CC2CCC1C2. The molecule has 3 nitrogen and oxygen atoms in total. The van der Waals surface area contributed by atoms with Gasteiger partial charge in [-0.15, -0.1) is 0 Å². The summed E-state index contributed by atoms with van der Waals surface area (Å²) >= 11 is 0. The number of rotatable bonds is 4. The van der Waals surface area contributed by atoms with E-state index in [1.54, 1.807) is 0 Å². The number of carbonyl (C=O) groups excluding carboxylic acids is 1. The number of aliphatic hydroxyl groups excluding tert-OH is 1. The van der Waals surface area contributed by atoms with E-state index in [4.69, 9.17) is 0 Å². The highest BCUT2D eigenvalue weighted by Crippen LogP contribution is 2.49. The largest absolute Gasteiger partial charge is 0.396 e. The van der Waals surface area contributed by atoms with Crippen molar-refractivity contribution in [3.8, 4) is 0 Å². The summed E-state index contributed by atoms with van der Waals surface area (Å²) in [5, 5.41) is 12.3. The standard InChI is InChI=1S/C13H21NO2/c15-8-13(3-4-13)7-14-12(16)11-6-9-1-2-10(11)5-9/h9-11,15H,1-8H2,(H,14,16). The fraction of sp³-hybridized carbons (Fsp3) is 0.923. The van der Waals surface area contributed by atoms with Crippen LogP contribution in [0.25, 0.3) is 0 Å². The van der Waals surface area contributed by atoms with E-state index >= 15 is 0 Å². The van der Waals surface area contributed by atoms with Crippen LogP contribution in [-0.2, 0) is 4.79 Å². The van der Waals surface area contributed by atoms with Gasteiger partial charge in [0.05, 0.1) is 6.61 Å². The highest BCUT2D eigenvalue weighted by molar-refractivity contribution is 5.79. The molecule has 0 aromatic heterocycles. The van der Waals surface area contributed by atoms with Crippen molar-refractivity contribution in [1.82, 2.24) is 5.32 Å². The zero-order valence-corrected chi connectivity index (χ0v) is 9.74. The molecule has 2 bridgehead atoms. The molecule has 0 aromatic carbocycles. The maximum Gasteiger partial charge on any atom is 0.223 e. The van der Waals surface area contributed by atoms with Crippen molar-refractivity contribution in [1.29, 1.82) is 0 Å². The lowest BCUT2D eigenvalue weighted by Gasteiger charge is -2.22. The molecule has 3 aliphatic rings. The Labute approximate surface area is 96.6 Å². The van der Waals surface area contributed by atoms with Gasteiger partial charge in [0.25, 0.3) is 0 Å². The average molecular weight is 223 g/mol. The lowest BCUT2D eigenvalue weighted by molar-refractivity contribution is -0.126. The van der Waals surface area contributed by atoms with Crippen LogP contribution in [-0.4, -0.2) is 24.2 Å². The van der Waals surface area contributed by atoms with Crippen molar-refractivity contribution in [2.75, 3.05) is 13.2 Å². The van der Waals surface area contributed by atoms with Gasteiger partial charge in [-0.25, -0.2) is 0 Å². The lowest BCUT2D eigenvalue weighted by Crippen LogP contribution is -2.38. The highest BCUT2D eigenvalue weighted by atomic mass is 16.3. The number of amides is 1. The molecule has 0 spiro atoms. The van der Waals surface area contributed by atoms with Crippen molar-refractivity contribution >= 4 is 5.91 Å². The van der Waals surface area contributed by atoms with Crippen molar-refractivity contribution in [2.24, 2.45) is 23.2 Å². The minimum absolute atomic E-state index is 0.0489. The molecule has 3 aliphatic carbocycles. The maximum atomic E-state index is 12.0. The van der Waals surface area contributed by atoms with Gasteiger partial charge < -0.3 is 10.4 Å². The predicted molar refractivity (Wildman–Crippen MR) is 60.7 cm³/mol. The van der Waals surface area contributed by atoms with Crippen LogP contribution in [0.15, 0.2) is 0 Å². The Hall–Kier alpha value is -0.570. The van der Waals surface area contributed by atoms with E-state index in [1.165, 1.54) is 19.3 Å². The van der Waals surface area contributed by atoms with E-state index in [9.17, 15) is 9.90 Å². The van der Waals surface area contributed by atoms with Crippen LogP contribution in [0.5, 0.6) is 0 Å². The number of nitrogens with one attached hydrogen (secondary N) is 1.